The molecule has 1 saturated carbocycles. The van der Waals surface area contributed by atoms with Crippen LogP contribution >= 0.6 is 0 Å². The summed E-state index contributed by atoms with van der Waals surface area (Å²) in [5, 5.41) is 12.1. The van der Waals surface area contributed by atoms with Gasteiger partial charge in [0, 0.05) is 6.04 Å². The Hall–Kier alpha value is -0.820. The van der Waals surface area contributed by atoms with Gasteiger partial charge in [0.1, 0.15) is 5.54 Å². The maximum absolute atomic E-state index is 12.5. The largest absolute Gasteiger partial charge is 0.480 e. The number of rotatable bonds is 10. The van der Waals surface area contributed by atoms with E-state index in [4.69, 9.17) is 0 Å². The van der Waals surface area contributed by atoms with E-state index in [1.54, 1.807) is 6.92 Å². The van der Waals surface area contributed by atoms with Crippen LogP contribution in [0.1, 0.15) is 46.0 Å². The van der Waals surface area contributed by atoms with E-state index in [1.807, 2.05) is 6.92 Å². The third kappa shape index (κ3) is 6.65. The Bertz CT molecular complexity index is 346. The number of carboxylic acid groups (broad SMARTS) is 1. The molecule has 0 radical (unpaired) electrons. The lowest BCUT2D eigenvalue weighted by Gasteiger charge is -2.27. The molecule has 0 spiro atoms. The van der Waals surface area contributed by atoms with Crippen molar-refractivity contribution in [2.24, 2.45) is 0 Å². The predicted octanol–water partition coefficient (Wildman–Crippen LogP) is 2.64. The smallest absolute Gasteiger partial charge is 0.401 e. The number of alkyl halides is 3. The van der Waals surface area contributed by atoms with Crippen LogP contribution < -0.4 is 5.32 Å². The number of carbonyl (C=O) groups is 1. The van der Waals surface area contributed by atoms with Crippen molar-refractivity contribution in [3.8, 4) is 0 Å². The topological polar surface area (TPSA) is 52.6 Å². The van der Waals surface area contributed by atoms with Gasteiger partial charge in [-0.3, -0.25) is 9.69 Å². The highest BCUT2D eigenvalue weighted by atomic mass is 19.4. The Kier molecular flexibility index (Phi) is 6.46. The Morgan fingerprint density at radius 1 is 1.33 bits per heavy atom. The van der Waals surface area contributed by atoms with Crippen LogP contribution in [0.5, 0.6) is 0 Å². The van der Waals surface area contributed by atoms with E-state index >= 15 is 0 Å². The molecule has 1 fully saturated rings. The molecule has 1 unspecified atom stereocenters. The summed E-state index contributed by atoms with van der Waals surface area (Å²) >= 11 is 0. The lowest BCUT2D eigenvalue weighted by Crippen LogP contribution is -2.49. The number of nitrogens with zero attached hydrogens (tertiary/aromatic N) is 1. The van der Waals surface area contributed by atoms with Gasteiger partial charge in [-0.15, -0.1) is 0 Å². The molecule has 124 valence electrons. The molecular weight excluding hydrogens is 285 g/mol. The fourth-order valence-electron chi connectivity index (χ4n) is 2.52. The summed E-state index contributed by atoms with van der Waals surface area (Å²) in [6.45, 7) is 3.52. The van der Waals surface area contributed by atoms with Crippen molar-refractivity contribution >= 4 is 5.97 Å². The second-order valence-electron chi connectivity index (χ2n) is 5.94. The van der Waals surface area contributed by atoms with Crippen LogP contribution in [-0.4, -0.2) is 53.4 Å². The van der Waals surface area contributed by atoms with Gasteiger partial charge in [0.05, 0.1) is 6.54 Å². The summed E-state index contributed by atoms with van der Waals surface area (Å²) in [4.78, 5) is 12.7. The summed E-state index contributed by atoms with van der Waals surface area (Å²) in [6.07, 6.45) is -0.902. The van der Waals surface area contributed by atoms with E-state index in [-0.39, 0.29) is 6.04 Å². The van der Waals surface area contributed by atoms with Gasteiger partial charge in [0.25, 0.3) is 0 Å². The summed E-state index contributed by atoms with van der Waals surface area (Å²) in [5.41, 5.74) is -0.997. The van der Waals surface area contributed by atoms with Gasteiger partial charge in [0.2, 0.25) is 0 Å². The number of carboxylic acids is 1. The van der Waals surface area contributed by atoms with E-state index in [9.17, 15) is 23.1 Å². The van der Waals surface area contributed by atoms with Gasteiger partial charge in [-0.2, -0.15) is 13.2 Å². The molecule has 1 aliphatic rings. The second-order valence-corrected chi connectivity index (χ2v) is 5.94. The maximum atomic E-state index is 12.5. The van der Waals surface area contributed by atoms with Crippen LogP contribution in [-0.2, 0) is 4.79 Å². The Labute approximate surface area is 123 Å². The molecule has 0 saturated heterocycles. The number of unbranched alkanes of at least 4 members (excludes halogenated alkanes) is 1. The van der Waals surface area contributed by atoms with Crippen LogP contribution in [0.2, 0.25) is 0 Å². The predicted molar refractivity (Wildman–Crippen MR) is 74.2 cm³/mol. The number of likely N-dealkylation sites (N-methyl/N-ethyl adjacent to an activating group) is 1. The SMILES string of the molecule is CCNC(C)(CCCCN(CC(F)(F)F)C1CC1)C(=O)O. The van der Waals surface area contributed by atoms with Crippen molar-refractivity contribution < 1.29 is 23.1 Å². The summed E-state index contributed by atoms with van der Waals surface area (Å²) in [6, 6.07) is 0.0613. The molecule has 1 rings (SSSR count). The van der Waals surface area contributed by atoms with Gasteiger partial charge in [-0.25, -0.2) is 0 Å². The Morgan fingerprint density at radius 2 is 1.95 bits per heavy atom. The van der Waals surface area contributed by atoms with Gasteiger partial charge in [0.15, 0.2) is 0 Å². The Morgan fingerprint density at radius 3 is 2.38 bits per heavy atom. The van der Waals surface area contributed by atoms with Gasteiger partial charge >= 0.3 is 12.1 Å². The average molecular weight is 310 g/mol. The second kappa shape index (κ2) is 7.45. The van der Waals surface area contributed by atoms with Crippen molar-refractivity contribution in [1.82, 2.24) is 10.2 Å². The van der Waals surface area contributed by atoms with Crippen LogP contribution in [0, 0.1) is 0 Å². The molecule has 0 aromatic rings. The third-order valence-corrected chi connectivity index (χ3v) is 3.86. The van der Waals surface area contributed by atoms with Crippen LogP contribution in [0.4, 0.5) is 13.2 Å². The summed E-state index contributed by atoms with van der Waals surface area (Å²) < 4.78 is 37.4. The van der Waals surface area contributed by atoms with Crippen molar-refractivity contribution in [2.75, 3.05) is 19.6 Å². The summed E-state index contributed by atoms with van der Waals surface area (Å²) in [7, 11) is 0. The minimum Gasteiger partial charge on any atom is -0.480 e. The summed E-state index contributed by atoms with van der Waals surface area (Å²) in [5.74, 6) is -0.918. The van der Waals surface area contributed by atoms with E-state index in [2.05, 4.69) is 5.32 Å². The average Bonchev–Trinajstić information content (AvgIpc) is 3.16. The number of aliphatic carboxylic acids is 1. The van der Waals surface area contributed by atoms with Gasteiger partial charge in [-0.05, 0) is 52.1 Å². The van der Waals surface area contributed by atoms with E-state index in [0.717, 1.165) is 12.8 Å². The highest BCUT2D eigenvalue weighted by Gasteiger charge is 2.38. The molecule has 0 amide bonds. The van der Waals surface area contributed by atoms with Crippen molar-refractivity contribution in [3.05, 3.63) is 0 Å². The highest BCUT2D eigenvalue weighted by molar-refractivity contribution is 5.78. The fraction of sp³-hybridized carbons (Fsp3) is 0.929. The lowest BCUT2D eigenvalue weighted by molar-refractivity contribution is -0.147. The van der Waals surface area contributed by atoms with Gasteiger partial charge in [-0.1, -0.05) is 6.92 Å². The monoisotopic (exact) mass is 310 g/mol. The zero-order valence-corrected chi connectivity index (χ0v) is 12.7. The minimum absolute atomic E-state index is 0.0613. The van der Waals surface area contributed by atoms with Crippen LogP contribution in [0.3, 0.4) is 0 Å². The van der Waals surface area contributed by atoms with E-state index < -0.39 is 24.2 Å². The van der Waals surface area contributed by atoms with Crippen molar-refractivity contribution in [3.63, 3.8) is 0 Å². The molecule has 4 nitrogen and oxygen atoms in total. The zero-order valence-electron chi connectivity index (χ0n) is 12.7. The molecule has 1 aliphatic carbocycles. The quantitative estimate of drug-likeness (QED) is 0.609. The number of hydrogen-bond acceptors (Lipinski definition) is 3. The molecule has 0 aromatic heterocycles. The van der Waals surface area contributed by atoms with Crippen molar-refractivity contribution in [2.45, 2.75) is 63.7 Å². The molecule has 1 atom stereocenters. The van der Waals surface area contributed by atoms with Gasteiger partial charge < -0.3 is 10.4 Å². The lowest BCUT2D eigenvalue weighted by atomic mass is 9.95. The normalized spacial score (nSPS) is 18.8. The van der Waals surface area contributed by atoms with Crippen LogP contribution in [0.25, 0.3) is 0 Å². The maximum Gasteiger partial charge on any atom is 0.401 e. The number of hydrogen-bond donors (Lipinski definition) is 2. The molecular formula is C14H25F3N2O2. The third-order valence-electron chi connectivity index (χ3n) is 3.86. The fourth-order valence-corrected chi connectivity index (χ4v) is 2.52. The highest BCUT2D eigenvalue weighted by Crippen LogP contribution is 2.30. The van der Waals surface area contributed by atoms with E-state index in [1.165, 1.54) is 4.90 Å². The first-order valence-electron chi connectivity index (χ1n) is 7.47. The molecule has 0 aromatic carbocycles. The molecule has 21 heavy (non-hydrogen) atoms. The number of nitrogens with one attached hydrogen (secondary N) is 1. The Balaban J connectivity index is 2.35. The minimum atomic E-state index is -4.16. The molecule has 2 N–H and O–H groups in total. The van der Waals surface area contributed by atoms with Crippen molar-refractivity contribution in [1.29, 1.82) is 0 Å². The molecule has 0 bridgehead atoms. The van der Waals surface area contributed by atoms with Crippen LogP contribution in [0.15, 0.2) is 0 Å². The first kappa shape index (κ1) is 18.2. The zero-order chi connectivity index (χ0) is 16.1. The van der Waals surface area contributed by atoms with E-state index in [0.29, 0.717) is 32.4 Å². The molecule has 0 aliphatic heterocycles. The first-order valence-corrected chi connectivity index (χ1v) is 7.47. The molecule has 0 heterocycles. The molecule has 7 heteroatoms. The standard InChI is InChI=1S/C14H25F3N2O2/c1-3-18-13(2,12(20)21)8-4-5-9-19(11-6-7-11)10-14(15,16)17/h11,18H,3-10H2,1-2H3,(H,20,21). The number of halogens is 3. The first-order chi connectivity index (χ1) is 9.68.